The molecule has 5 rings (SSSR count). The van der Waals surface area contributed by atoms with Crippen molar-refractivity contribution in [3.63, 3.8) is 0 Å². The third kappa shape index (κ3) is 7.47. The molecular formula is C34H34FNO3. The van der Waals surface area contributed by atoms with Crippen molar-refractivity contribution < 1.29 is 18.7 Å². The fourth-order valence-corrected chi connectivity index (χ4v) is 5.24. The molecule has 0 aromatic heterocycles. The summed E-state index contributed by atoms with van der Waals surface area (Å²) in [6.07, 6.45) is 4.11. The molecule has 3 atom stereocenters. The highest BCUT2D eigenvalue weighted by molar-refractivity contribution is 5.71. The minimum Gasteiger partial charge on any atom is -0.489 e. The average Bonchev–Trinajstić information content (AvgIpc) is 2.98. The molecule has 39 heavy (non-hydrogen) atoms. The summed E-state index contributed by atoms with van der Waals surface area (Å²) in [5, 5.41) is 3.40. The lowest BCUT2D eigenvalue weighted by Gasteiger charge is -2.32. The topological polar surface area (TPSA) is 47.6 Å². The SMILES string of the molecule is O=C(C[C@H](Nc1ccc(F)cc1)c1ccc(OCc2ccccc2)cc1)O[C@H]1CCCC[C@@H]1c1ccccc1. The lowest BCUT2D eigenvalue weighted by molar-refractivity contribution is -0.152. The van der Waals surface area contributed by atoms with Crippen LogP contribution in [-0.2, 0) is 16.1 Å². The van der Waals surface area contributed by atoms with Crippen LogP contribution in [0.15, 0.2) is 109 Å². The van der Waals surface area contributed by atoms with Crippen molar-refractivity contribution in [1.82, 2.24) is 0 Å². The van der Waals surface area contributed by atoms with E-state index in [0.29, 0.717) is 6.61 Å². The summed E-state index contributed by atoms with van der Waals surface area (Å²) in [6, 6.07) is 33.9. The van der Waals surface area contributed by atoms with Gasteiger partial charge in [0.05, 0.1) is 12.5 Å². The van der Waals surface area contributed by atoms with Crippen LogP contribution < -0.4 is 10.1 Å². The Morgan fingerprint density at radius 1 is 0.821 bits per heavy atom. The second-order valence-electron chi connectivity index (χ2n) is 10.1. The van der Waals surface area contributed by atoms with E-state index in [1.807, 2.05) is 72.8 Å². The Bertz CT molecular complexity index is 1310. The number of ether oxygens (including phenoxy) is 2. The summed E-state index contributed by atoms with van der Waals surface area (Å²) >= 11 is 0. The Kier molecular flexibility index (Phi) is 8.90. The van der Waals surface area contributed by atoms with Crippen LogP contribution in [0.25, 0.3) is 0 Å². The zero-order chi connectivity index (χ0) is 26.9. The number of carbonyl (C=O) groups is 1. The summed E-state index contributed by atoms with van der Waals surface area (Å²) in [5.41, 5.74) is 3.98. The van der Waals surface area contributed by atoms with Crippen LogP contribution in [0.1, 0.15) is 60.8 Å². The minimum absolute atomic E-state index is 0.131. The fourth-order valence-electron chi connectivity index (χ4n) is 5.24. The van der Waals surface area contributed by atoms with Gasteiger partial charge in [0.15, 0.2) is 0 Å². The molecule has 4 aromatic carbocycles. The maximum absolute atomic E-state index is 13.5. The van der Waals surface area contributed by atoms with Crippen molar-refractivity contribution in [3.8, 4) is 5.75 Å². The first-order valence-corrected chi connectivity index (χ1v) is 13.7. The molecule has 1 aliphatic carbocycles. The van der Waals surface area contributed by atoms with Crippen LogP contribution in [0.2, 0.25) is 0 Å². The van der Waals surface area contributed by atoms with Crippen LogP contribution in [0.4, 0.5) is 10.1 Å². The van der Waals surface area contributed by atoms with E-state index in [-0.39, 0.29) is 36.3 Å². The number of halogens is 1. The summed E-state index contributed by atoms with van der Waals surface area (Å²) in [6.45, 7) is 0.480. The Labute approximate surface area is 229 Å². The lowest BCUT2D eigenvalue weighted by Crippen LogP contribution is -2.30. The van der Waals surface area contributed by atoms with Crippen LogP contribution >= 0.6 is 0 Å². The number of hydrogen-bond donors (Lipinski definition) is 1. The normalized spacial score (nSPS) is 17.7. The van der Waals surface area contributed by atoms with E-state index in [1.165, 1.54) is 17.7 Å². The van der Waals surface area contributed by atoms with E-state index in [0.717, 1.165) is 48.2 Å². The molecule has 5 heteroatoms. The Morgan fingerprint density at radius 2 is 1.49 bits per heavy atom. The zero-order valence-corrected chi connectivity index (χ0v) is 22.0. The summed E-state index contributed by atoms with van der Waals surface area (Å²) < 4.78 is 25.6. The van der Waals surface area contributed by atoms with Gasteiger partial charge in [-0.05, 0) is 72.4 Å². The number of hydrogen-bond acceptors (Lipinski definition) is 4. The molecule has 0 spiro atoms. The Hall–Kier alpha value is -4.12. The monoisotopic (exact) mass is 523 g/mol. The number of esters is 1. The van der Waals surface area contributed by atoms with Gasteiger partial charge in [0.2, 0.25) is 0 Å². The third-order valence-electron chi connectivity index (χ3n) is 7.30. The van der Waals surface area contributed by atoms with E-state index in [2.05, 4.69) is 17.4 Å². The van der Waals surface area contributed by atoms with Gasteiger partial charge < -0.3 is 14.8 Å². The van der Waals surface area contributed by atoms with Crippen LogP contribution in [-0.4, -0.2) is 12.1 Å². The van der Waals surface area contributed by atoms with Gasteiger partial charge in [0.1, 0.15) is 24.3 Å². The molecule has 4 aromatic rings. The predicted molar refractivity (Wildman–Crippen MR) is 152 cm³/mol. The standard InChI is InChI=1S/C34H34FNO3/c35-28-17-19-29(20-18-28)36-32(27-15-21-30(22-16-27)38-24-25-9-3-1-4-10-25)23-34(37)39-33-14-8-7-13-31(33)26-11-5-2-6-12-26/h1-6,9-12,15-22,31-33,36H,7-8,13-14,23-24H2/t31-,32+,33+/m1/s1. The van der Waals surface area contributed by atoms with Gasteiger partial charge in [-0.1, -0.05) is 79.2 Å². The Balaban J connectivity index is 1.28. The molecule has 0 radical (unpaired) electrons. The number of carbonyl (C=O) groups excluding carboxylic acids is 1. The zero-order valence-electron chi connectivity index (χ0n) is 22.0. The second-order valence-corrected chi connectivity index (χ2v) is 10.1. The van der Waals surface area contributed by atoms with Crippen molar-refractivity contribution in [2.45, 2.75) is 56.8 Å². The van der Waals surface area contributed by atoms with Gasteiger partial charge in [0.25, 0.3) is 0 Å². The van der Waals surface area contributed by atoms with Crippen LogP contribution in [0.3, 0.4) is 0 Å². The molecule has 4 nitrogen and oxygen atoms in total. The molecule has 1 N–H and O–H groups in total. The lowest BCUT2D eigenvalue weighted by atomic mass is 9.81. The van der Waals surface area contributed by atoms with Crippen molar-refractivity contribution in [3.05, 3.63) is 132 Å². The van der Waals surface area contributed by atoms with E-state index in [9.17, 15) is 9.18 Å². The van der Waals surface area contributed by atoms with Crippen molar-refractivity contribution in [2.75, 3.05) is 5.32 Å². The number of anilines is 1. The molecule has 0 bridgehead atoms. The first-order valence-electron chi connectivity index (χ1n) is 13.7. The molecule has 0 amide bonds. The molecule has 1 fully saturated rings. The number of rotatable bonds is 10. The highest BCUT2D eigenvalue weighted by atomic mass is 19.1. The maximum Gasteiger partial charge on any atom is 0.308 e. The molecule has 0 saturated heterocycles. The number of benzene rings is 4. The largest absolute Gasteiger partial charge is 0.489 e. The fraction of sp³-hybridized carbons (Fsp3) is 0.265. The predicted octanol–water partition coefficient (Wildman–Crippen LogP) is 8.22. The highest BCUT2D eigenvalue weighted by Gasteiger charge is 2.30. The first kappa shape index (κ1) is 26.5. The molecule has 1 saturated carbocycles. The van der Waals surface area contributed by atoms with Crippen molar-refractivity contribution in [1.29, 1.82) is 0 Å². The maximum atomic E-state index is 13.5. The van der Waals surface area contributed by atoms with Crippen LogP contribution in [0.5, 0.6) is 5.75 Å². The first-order chi connectivity index (χ1) is 19.1. The summed E-state index contributed by atoms with van der Waals surface area (Å²) in [4.78, 5) is 13.3. The van der Waals surface area contributed by atoms with Gasteiger partial charge in [-0.15, -0.1) is 0 Å². The van der Waals surface area contributed by atoms with Gasteiger partial charge >= 0.3 is 5.97 Å². The molecule has 200 valence electrons. The highest BCUT2D eigenvalue weighted by Crippen LogP contribution is 2.36. The van der Waals surface area contributed by atoms with Gasteiger partial charge in [0, 0.05) is 11.6 Å². The quantitative estimate of drug-likeness (QED) is 0.213. The van der Waals surface area contributed by atoms with E-state index in [4.69, 9.17) is 9.47 Å². The molecular weight excluding hydrogens is 489 g/mol. The molecule has 0 heterocycles. The summed E-state index contributed by atoms with van der Waals surface area (Å²) in [7, 11) is 0. The summed E-state index contributed by atoms with van der Waals surface area (Å²) in [5.74, 6) is 0.416. The van der Waals surface area contributed by atoms with Crippen LogP contribution in [0, 0.1) is 5.82 Å². The third-order valence-corrected chi connectivity index (χ3v) is 7.30. The average molecular weight is 524 g/mol. The van der Waals surface area contributed by atoms with Crippen molar-refractivity contribution >= 4 is 11.7 Å². The molecule has 1 aliphatic rings. The molecule has 0 unspecified atom stereocenters. The smallest absolute Gasteiger partial charge is 0.308 e. The van der Waals surface area contributed by atoms with E-state index < -0.39 is 0 Å². The van der Waals surface area contributed by atoms with Gasteiger partial charge in [-0.2, -0.15) is 0 Å². The van der Waals surface area contributed by atoms with Gasteiger partial charge in [-0.3, -0.25) is 4.79 Å². The van der Waals surface area contributed by atoms with Gasteiger partial charge in [-0.25, -0.2) is 4.39 Å². The second kappa shape index (κ2) is 13.1. The number of nitrogens with one attached hydrogen (secondary N) is 1. The van der Waals surface area contributed by atoms with E-state index >= 15 is 0 Å². The minimum atomic E-state index is -0.343. The van der Waals surface area contributed by atoms with Crippen molar-refractivity contribution in [2.24, 2.45) is 0 Å². The van der Waals surface area contributed by atoms with E-state index in [1.54, 1.807) is 12.1 Å². The Morgan fingerprint density at radius 3 is 2.21 bits per heavy atom. The molecule has 0 aliphatic heterocycles.